The second-order valence-corrected chi connectivity index (χ2v) is 7.93. The number of nitrogens with zero attached hydrogens (tertiary/aromatic N) is 1. The zero-order valence-electron chi connectivity index (χ0n) is 15.0. The van der Waals surface area contributed by atoms with Crippen molar-refractivity contribution >= 4 is 16.0 Å². The molecule has 0 aliphatic carbocycles. The van der Waals surface area contributed by atoms with Gasteiger partial charge >= 0.3 is 5.97 Å². The van der Waals surface area contributed by atoms with Gasteiger partial charge in [-0.3, -0.25) is 4.79 Å². The van der Waals surface area contributed by atoms with E-state index in [0.717, 1.165) is 9.87 Å². The van der Waals surface area contributed by atoms with Gasteiger partial charge in [-0.05, 0) is 37.6 Å². The molecular weight excluding hydrogens is 354 g/mol. The van der Waals surface area contributed by atoms with E-state index in [1.165, 1.54) is 19.2 Å². The Balaban J connectivity index is 2.35. The average molecular weight is 377 g/mol. The zero-order chi connectivity index (χ0) is 19.3. The smallest absolute Gasteiger partial charge is 0.322 e. The molecular formula is C19H23NO5S. The van der Waals surface area contributed by atoms with Crippen molar-refractivity contribution in [3.8, 4) is 5.75 Å². The fraction of sp³-hybridized carbons (Fsp3) is 0.316. The molecule has 0 saturated heterocycles. The molecule has 0 aromatic heterocycles. The summed E-state index contributed by atoms with van der Waals surface area (Å²) in [6.45, 7) is 4.12. The van der Waals surface area contributed by atoms with E-state index in [1.54, 1.807) is 36.4 Å². The Morgan fingerprint density at radius 1 is 1.15 bits per heavy atom. The van der Waals surface area contributed by atoms with Crippen LogP contribution in [0.3, 0.4) is 0 Å². The molecule has 0 amide bonds. The SMILES string of the molecule is CCOc1ccccc1C[C@@H](C(=O)O)N(C)S(=O)(=O)c1ccc(C)cc1. The molecule has 1 N–H and O–H groups in total. The van der Waals surface area contributed by atoms with Gasteiger partial charge in [0, 0.05) is 13.5 Å². The number of ether oxygens (including phenoxy) is 1. The van der Waals surface area contributed by atoms with E-state index in [9.17, 15) is 18.3 Å². The number of sulfonamides is 1. The summed E-state index contributed by atoms with van der Waals surface area (Å²) in [7, 11) is -2.64. The predicted molar refractivity (Wildman–Crippen MR) is 98.9 cm³/mol. The minimum atomic E-state index is -3.93. The highest BCUT2D eigenvalue weighted by molar-refractivity contribution is 7.89. The number of para-hydroxylation sites is 1. The highest BCUT2D eigenvalue weighted by Gasteiger charge is 2.33. The molecule has 2 rings (SSSR count). The van der Waals surface area contributed by atoms with Crippen LogP contribution in [0.1, 0.15) is 18.1 Å². The number of likely N-dealkylation sites (N-methyl/N-ethyl adjacent to an activating group) is 1. The zero-order valence-corrected chi connectivity index (χ0v) is 15.9. The minimum absolute atomic E-state index is 0.00704. The second-order valence-electron chi connectivity index (χ2n) is 5.93. The van der Waals surface area contributed by atoms with Crippen LogP contribution in [0.4, 0.5) is 0 Å². The van der Waals surface area contributed by atoms with Crippen molar-refractivity contribution in [1.82, 2.24) is 4.31 Å². The molecule has 2 aromatic rings. The standard InChI is InChI=1S/C19H23NO5S/c1-4-25-18-8-6-5-7-15(18)13-17(19(21)22)20(3)26(23,24)16-11-9-14(2)10-12-16/h5-12,17H,4,13H2,1-3H3,(H,21,22)/t17-/m0/s1. The Kier molecular flexibility index (Phi) is 6.39. The Hall–Kier alpha value is -2.38. The summed E-state index contributed by atoms with van der Waals surface area (Å²) in [6.07, 6.45) is 0.00704. The Morgan fingerprint density at radius 3 is 2.35 bits per heavy atom. The van der Waals surface area contributed by atoms with Gasteiger partial charge in [0.1, 0.15) is 11.8 Å². The highest BCUT2D eigenvalue weighted by Crippen LogP contribution is 2.24. The van der Waals surface area contributed by atoms with Gasteiger partial charge in [0.05, 0.1) is 11.5 Å². The minimum Gasteiger partial charge on any atom is -0.494 e. The molecule has 0 unspecified atom stereocenters. The monoisotopic (exact) mass is 377 g/mol. The van der Waals surface area contributed by atoms with Gasteiger partial charge in [0.2, 0.25) is 10.0 Å². The third-order valence-electron chi connectivity index (χ3n) is 4.11. The van der Waals surface area contributed by atoms with E-state index in [4.69, 9.17) is 4.74 Å². The summed E-state index contributed by atoms with van der Waals surface area (Å²) >= 11 is 0. The molecule has 1 atom stereocenters. The topological polar surface area (TPSA) is 83.9 Å². The summed E-state index contributed by atoms with van der Waals surface area (Å²) in [5.74, 6) is -0.656. The molecule has 0 saturated carbocycles. The average Bonchev–Trinajstić information content (AvgIpc) is 2.60. The van der Waals surface area contributed by atoms with Crippen LogP contribution in [0.2, 0.25) is 0 Å². The van der Waals surface area contributed by atoms with Crippen LogP contribution >= 0.6 is 0 Å². The van der Waals surface area contributed by atoms with Crippen LogP contribution in [0.5, 0.6) is 5.75 Å². The fourth-order valence-corrected chi connectivity index (χ4v) is 3.90. The third kappa shape index (κ3) is 4.42. The summed E-state index contributed by atoms with van der Waals surface area (Å²) in [5.41, 5.74) is 1.57. The van der Waals surface area contributed by atoms with E-state index in [-0.39, 0.29) is 11.3 Å². The predicted octanol–water partition coefficient (Wildman–Crippen LogP) is 2.71. The number of carbonyl (C=O) groups is 1. The first-order valence-electron chi connectivity index (χ1n) is 8.25. The summed E-state index contributed by atoms with van der Waals surface area (Å²) in [6, 6.07) is 12.1. The molecule has 0 radical (unpaired) electrons. The van der Waals surface area contributed by atoms with Gasteiger partial charge in [-0.15, -0.1) is 0 Å². The number of rotatable bonds is 8. The van der Waals surface area contributed by atoms with E-state index in [1.807, 2.05) is 13.8 Å². The van der Waals surface area contributed by atoms with E-state index < -0.39 is 22.0 Å². The van der Waals surface area contributed by atoms with Crippen molar-refractivity contribution in [3.05, 3.63) is 59.7 Å². The summed E-state index contributed by atoms with van der Waals surface area (Å²) < 4.78 is 32.1. The lowest BCUT2D eigenvalue weighted by molar-refractivity contribution is -0.141. The molecule has 26 heavy (non-hydrogen) atoms. The maximum Gasteiger partial charge on any atom is 0.322 e. The lowest BCUT2D eigenvalue weighted by Crippen LogP contribution is -2.43. The number of benzene rings is 2. The van der Waals surface area contributed by atoms with Crippen molar-refractivity contribution in [1.29, 1.82) is 0 Å². The van der Waals surface area contributed by atoms with Gasteiger partial charge in [0.25, 0.3) is 0 Å². The molecule has 6 nitrogen and oxygen atoms in total. The van der Waals surface area contributed by atoms with Gasteiger partial charge < -0.3 is 9.84 Å². The molecule has 0 spiro atoms. The molecule has 7 heteroatoms. The Labute approximate surface area is 154 Å². The normalized spacial score (nSPS) is 12.8. The van der Waals surface area contributed by atoms with Gasteiger partial charge in [-0.1, -0.05) is 35.9 Å². The quantitative estimate of drug-likeness (QED) is 0.765. The van der Waals surface area contributed by atoms with Crippen LogP contribution < -0.4 is 4.74 Å². The van der Waals surface area contributed by atoms with Crippen molar-refractivity contribution in [2.75, 3.05) is 13.7 Å². The summed E-state index contributed by atoms with van der Waals surface area (Å²) in [5, 5.41) is 9.63. The molecule has 0 aliphatic rings. The number of hydrogen-bond donors (Lipinski definition) is 1. The maximum atomic E-state index is 12.8. The van der Waals surface area contributed by atoms with Gasteiger partial charge in [-0.25, -0.2) is 8.42 Å². The van der Waals surface area contributed by atoms with Crippen molar-refractivity contribution in [3.63, 3.8) is 0 Å². The molecule has 140 valence electrons. The number of aryl methyl sites for hydroxylation is 1. The maximum absolute atomic E-state index is 12.8. The van der Waals surface area contributed by atoms with Crippen LogP contribution in [0.25, 0.3) is 0 Å². The van der Waals surface area contributed by atoms with Crippen molar-refractivity contribution < 1.29 is 23.1 Å². The first-order chi connectivity index (χ1) is 12.3. The van der Waals surface area contributed by atoms with Crippen LogP contribution in [0, 0.1) is 6.92 Å². The van der Waals surface area contributed by atoms with Crippen LogP contribution in [-0.4, -0.2) is 43.5 Å². The van der Waals surface area contributed by atoms with Crippen LogP contribution in [0.15, 0.2) is 53.4 Å². The number of carboxylic acids is 1. The molecule has 0 bridgehead atoms. The van der Waals surface area contributed by atoms with Gasteiger partial charge in [0.15, 0.2) is 0 Å². The van der Waals surface area contributed by atoms with Crippen molar-refractivity contribution in [2.45, 2.75) is 31.2 Å². The Bertz CT molecular complexity index is 862. The number of hydrogen-bond acceptors (Lipinski definition) is 4. The molecule has 0 aliphatic heterocycles. The highest BCUT2D eigenvalue weighted by atomic mass is 32.2. The molecule has 0 heterocycles. The number of carboxylic acid groups (broad SMARTS) is 1. The number of aliphatic carboxylic acids is 1. The lowest BCUT2D eigenvalue weighted by Gasteiger charge is -2.25. The van der Waals surface area contributed by atoms with E-state index in [0.29, 0.717) is 17.9 Å². The first kappa shape index (κ1) is 19.9. The van der Waals surface area contributed by atoms with Gasteiger partial charge in [-0.2, -0.15) is 4.31 Å². The van der Waals surface area contributed by atoms with Crippen LogP contribution in [-0.2, 0) is 21.2 Å². The summed E-state index contributed by atoms with van der Waals surface area (Å²) in [4.78, 5) is 11.9. The fourth-order valence-electron chi connectivity index (χ4n) is 2.59. The molecule has 2 aromatic carbocycles. The largest absolute Gasteiger partial charge is 0.494 e. The lowest BCUT2D eigenvalue weighted by atomic mass is 10.1. The van der Waals surface area contributed by atoms with Crippen molar-refractivity contribution in [2.24, 2.45) is 0 Å². The Morgan fingerprint density at radius 2 is 1.77 bits per heavy atom. The third-order valence-corrected chi connectivity index (χ3v) is 5.99. The second kappa shape index (κ2) is 8.33. The van der Waals surface area contributed by atoms with E-state index >= 15 is 0 Å². The first-order valence-corrected chi connectivity index (χ1v) is 9.69. The van der Waals surface area contributed by atoms with E-state index in [2.05, 4.69) is 0 Å². The molecule has 0 fully saturated rings.